The van der Waals surface area contributed by atoms with Gasteiger partial charge >= 0.3 is 23.9 Å². The van der Waals surface area contributed by atoms with Crippen molar-refractivity contribution >= 4 is 58.2 Å². The van der Waals surface area contributed by atoms with E-state index in [0.717, 1.165) is 75.6 Å². The van der Waals surface area contributed by atoms with Gasteiger partial charge in [-0.25, -0.2) is 9.59 Å². The number of rotatable bonds is 13. The lowest BCUT2D eigenvalue weighted by Crippen LogP contribution is -2.26. The Kier molecular flexibility index (Phi) is 25.0. The van der Waals surface area contributed by atoms with Gasteiger partial charge in [-0.05, 0) is 171 Å². The summed E-state index contributed by atoms with van der Waals surface area (Å²) in [7, 11) is 0. The third kappa shape index (κ3) is 20.4. The largest absolute Gasteiger partial charge is 0.466 e. The highest BCUT2D eigenvalue weighted by Gasteiger charge is 2.28. The number of nitrogens with zero attached hydrogens (tertiary/aromatic N) is 3. The Balaban J connectivity index is 0.000000373. The van der Waals surface area contributed by atoms with Gasteiger partial charge in [-0.1, -0.05) is 34.4 Å². The Morgan fingerprint density at radius 1 is 0.548 bits per heavy atom. The fourth-order valence-corrected chi connectivity index (χ4v) is 8.32. The highest BCUT2D eigenvalue weighted by atomic mass is 16.6. The van der Waals surface area contributed by atoms with Gasteiger partial charge in [0, 0.05) is 67.9 Å². The average Bonchev–Trinajstić information content (AvgIpc) is 4.09. The van der Waals surface area contributed by atoms with Crippen molar-refractivity contribution in [2.75, 3.05) is 78.2 Å². The Bertz CT molecular complexity index is 2340. The molecule has 73 heavy (non-hydrogen) atoms. The molecule has 0 aromatic heterocycles. The molecule has 0 saturated carbocycles. The third-order valence-electron chi connectivity index (χ3n) is 11.8. The topological polar surface area (TPSA) is 196 Å². The fourth-order valence-electron chi connectivity index (χ4n) is 8.32. The van der Waals surface area contributed by atoms with Crippen LogP contribution in [0.2, 0.25) is 0 Å². The Morgan fingerprint density at radius 2 is 0.918 bits per heavy atom. The van der Waals surface area contributed by atoms with Crippen LogP contribution in [0.15, 0.2) is 97.1 Å². The molecule has 15 heteroatoms. The summed E-state index contributed by atoms with van der Waals surface area (Å²) < 4.78 is 20.8. The molecule has 402 valence electrons. The van der Waals surface area contributed by atoms with E-state index in [1.54, 1.807) is 24.3 Å². The van der Waals surface area contributed by atoms with E-state index in [1.165, 1.54) is 0 Å². The molecule has 15 nitrogen and oxygen atoms in total. The number of benzene rings is 4. The number of hydrogen-bond acceptors (Lipinski definition) is 14. The Hall–Kier alpha value is -6.61. The summed E-state index contributed by atoms with van der Waals surface area (Å²) in [4.78, 5) is 66.3. The van der Waals surface area contributed by atoms with Crippen molar-refractivity contribution < 1.29 is 42.9 Å². The summed E-state index contributed by atoms with van der Waals surface area (Å²) >= 11 is 0. The number of para-hydroxylation sites is 2. The second kappa shape index (κ2) is 29.2. The molecule has 7 rings (SSSR count). The van der Waals surface area contributed by atoms with Crippen molar-refractivity contribution in [2.45, 2.75) is 127 Å². The quantitative estimate of drug-likeness (QED) is 0.0650. The number of anilines is 5. The molecule has 5 N–H and O–H groups in total. The van der Waals surface area contributed by atoms with E-state index in [9.17, 15) is 24.0 Å². The lowest BCUT2D eigenvalue weighted by Gasteiger charge is -2.21. The molecule has 3 fully saturated rings. The standard InChI is InChI=1S/C21H25N3O3.C19H27NO4.C15H22N2O2.3CH4/c1-2-27-20(25)13-15-11-12-24(14-15)17-9-7-16(8-10-17)21(26)23-19-6-4-3-5-18(19)22;1-5-23-17(21)12-14-10-11-20(13-14)16-8-6-15(7-9-16)18(22)24-19(2,3)4;1-15(2,3)19-14(18)11-4-6-13(7-5-11)17-9-8-12(16)10-17;;;/h3-10,15H,2,11-14,22H2,1H3,(H,23,26);6-9,14H,5,10-13H2,1-4H3;4-7,12H,8-10,16H2,1-3H3;3*1H4/t15-;14-;12-;;;/m110.../s1. The smallest absolute Gasteiger partial charge is 0.338 e. The van der Waals surface area contributed by atoms with Crippen LogP contribution in [0.3, 0.4) is 0 Å². The number of amides is 1. The number of carbonyl (C=O) groups is 5. The summed E-state index contributed by atoms with van der Waals surface area (Å²) in [6, 6.07) is 29.9. The van der Waals surface area contributed by atoms with Gasteiger partial charge in [0.25, 0.3) is 5.91 Å². The van der Waals surface area contributed by atoms with E-state index < -0.39 is 11.2 Å². The van der Waals surface area contributed by atoms with Crippen LogP contribution in [0, 0.1) is 11.8 Å². The molecule has 0 bridgehead atoms. The highest BCUT2D eigenvalue weighted by molar-refractivity contribution is 6.06. The van der Waals surface area contributed by atoms with Crippen molar-refractivity contribution in [1.82, 2.24) is 0 Å². The van der Waals surface area contributed by atoms with E-state index in [-0.39, 0.29) is 58.1 Å². The lowest BCUT2D eigenvalue weighted by molar-refractivity contribution is -0.145. The molecule has 4 aromatic rings. The van der Waals surface area contributed by atoms with Gasteiger partial charge in [0.05, 0.1) is 48.6 Å². The van der Waals surface area contributed by atoms with Crippen LogP contribution in [-0.2, 0) is 28.5 Å². The van der Waals surface area contributed by atoms with Crippen molar-refractivity contribution in [2.24, 2.45) is 17.6 Å². The van der Waals surface area contributed by atoms with Crippen LogP contribution in [-0.4, -0.2) is 99.5 Å². The van der Waals surface area contributed by atoms with Crippen molar-refractivity contribution in [1.29, 1.82) is 0 Å². The van der Waals surface area contributed by atoms with Crippen LogP contribution in [0.1, 0.15) is 141 Å². The van der Waals surface area contributed by atoms with E-state index in [2.05, 4.69) is 20.0 Å². The zero-order chi connectivity index (χ0) is 51.0. The predicted molar refractivity (Wildman–Crippen MR) is 297 cm³/mol. The zero-order valence-corrected chi connectivity index (χ0v) is 42.3. The Labute approximate surface area is 436 Å². The Morgan fingerprint density at radius 3 is 1.27 bits per heavy atom. The van der Waals surface area contributed by atoms with E-state index in [1.807, 2.05) is 128 Å². The number of hydrogen-bond donors (Lipinski definition) is 3. The molecule has 0 radical (unpaired) electrons. The van der Waals surface area contributed by atoms with Gasteiger partial charge in [0.15, 0.2) is 0 Å². The predicted octanol–water partition coefficient (Wildman–Crippen LogP) is 10.8. The van der Waals surface area contributed by atoms with Gasteiger partial charge in [0.1, 0.15) is 11.2 Å². The summed E-state index contributed by atoms with van der Waals surface area (Å²) in [5.41, 5.74) is 16.9. The molecule has 0 aliphatic carbocycles. The van der Waals surface area contributed by atoms with E-state index in [4.69, 9.17) is 30.4 Å². The zero-order valence-electron chi connectivity index (χ0n) is 42.3. The molecule has 4 aromatic carbocycles. The second-order valence-electron chi connectivity index (χ2n) is 19.9. The minimum atomic E-state index is -0.495. The van der Waals surface area contributed by atoms with Gasteiger partial charge in [0.2, 0.25) is 0 Å². The molecule has 1 amide bonds. The molecule has 3 aliphatic heterocycles. The van der Waals surface area contributed by atoms with Crippen LogP contribution < -0.4 is 31.5 Å². The fraction of sp³-hybridized carbons (Fsp3) is 0.500. The highest BCUT2D eigenvalue weighted by Crippen LogP contribution is 2.29. The molecule has 0 spiro atoms. The number of nitrogens with one attached hydrogen (secondary N) is 1. The van der Waals surface area contributed by atoms with Gasteiger partial charge < -0.3 is 50.4 Å². The first kappa shape index (κ1) is 62.5. The minimum Gasteiger partial charge on any atom is -0.466 e. The first-order valence-corrected chi connectivity index (χ1v) is 24.4. The number of carbonyl (C=O) groups excluding carboxylic acids is 5. The molecule has 3 heterocycles. The molecule has 3 saturated heterocycles. The van der Waals surface area contributed by atoms with E-state index >= 15 is 0 Å². The van der Waals surface area contributed by atoms with Crippen molar-refractivity contribution in [3.63, 3.8) is 0 Å². The summed E-state index contributed by atoms with van der Waals surface area (Å²) in [6.45, 7) is 21.0. The first-order chi connectivity index (χ1) is 33.2. The molecule has 3 atom stereocenters. The summed E-state index contributed by atoms with van der Waals surface area (Å²) in [5.74, 6) is -0.391. The number of nitrogens with two attached hydrogens (primary N) is 2. The normalized spacial score (nSPS) is 16.9. The van der Waals surface area contributed by atoms with Crippen LogP contribution in [0.25, 0.3) is 0 Å². The number of ether oxygens (including phenoxy) is 4. The monoisotopic (exact) mass is 1010 g/mol. The van der Waals surface area contributed by atoms with Gasteiger partial charge in [-0.2, -0.15) is 0 Å². The maximum Gasteiger partial charge on any atom is 0.338 e. The maximum atomic E-state index is 12.4. The SMILES string of the molecule is C.C.C.CC(C)(C)OC(=O)c1ccc(N2CC[C@H](N)C2)cc1.CCOC(=O)C[C@H]1CCN(c2ccc(C(=O)Nc3ccccc3N)cc2)C1.CCOC(=O)C[C@H]1CCN(c2ccc(C(=O)OC(C)(C)C)cc2)C1. The van der Waals surface area contributed by atoms with Crippen molar-refractivity contribution in [3.8, 4) is 0 Å². The third-order valence-corrected chi connectivity index (χ3v) is 11.8. The van der Waals surface area contributed by atoms with Crippen LogP contribution in [0.4, 0.5) is 28.4 Å². The van der Waals surface area contributed by atoms with Crippen molar-refractivity contribution in [3.05, 3.63) is 114 Å². The molecular weight excluding hydrogens is 925 g/mol. The van der Waals surface area contributed by atoms with Crippen LogP contribution in [0.5, 0.6) is 0 Å². The first-order valence-electron chi connectivity index (χ1n) is 24.4. The second-order valence-corrected chi connectivity index (χ2v) is 19.9. The number of nitrogen functional groups attached to an aromatic ring is 1. The lowest BCUT2D eigenvalue weighted by atomic mass is 10.1. The molecule has 3 aliphatic rings. The molecule has 0 unspecified atom stereocenters. The average molecular weight is 1010 g/mol. The maximum absolute atomic E-state index is 12.4. The van der Waals surface area contributed by atoms with E-state index in [0.29, 0.717) is 66.0 Å². The number of esters is 4. The summed E-state index contributed by atoms with van der Waals surface area (Å²) in [5, 5.41) is 2.83. The van der Waals surface area contributed by atoms with Gasteiger partial charge in [-0.3, -0.25) is 14.4 Å². The summed E-state index contributed by atoms with van der Waals surface area (Å²) in [6.07, 6.45) is 3.90. The minimum absolute atomic E-state index is 0. The molecular formula is C58H86N6O9. The van der Waals surface area contributed by atoms with Crippen LogP contribution >= 0.6 is 0 Å². The van der Waals surface area contributed by atoms with Gasteiger partial charge in [-0.15, -0.1) is 0 Å².